The quantitative estimate of drug-likeness (QED) is 0.658. The zero-order valence-corrected chi connectivity index (χ0v) is 16.3. The molecule has 2 amide bonds. The van der Waals surface area contributed by atoms with Crippen molar-refractivity contribution in [1.82, 2.24) is 5.32 Å². The second-order valence-corrected chi connectivity index (χ2v) is 7.51. The van der Waals surface area contributed by atoms with E-state index in [9.17, 15) is 13.6 Å². The Hall–Kier alpha value is -1.99. The first kappa shape index (κ1) is 19.8. The highest BCUT2D eigenvalue weighted by Crippen LogP contribution is 2.24. The lowest BCUT2D eigenvalue weighted by atomic mass is 9.93. The van der Waals surface area contributed by atoms with Gasteiger partial charge in [-0.2, -0.15) is 0 Å². The lowest BCUT2D eigenvalue weighted by Crippen LogP contribution is -2.41. The molecule has 2 aromatic rings. The summed E-state index contributed by atoms with van der Waals surface area (Å²) in [7, 11) is 0. The van der Waals surface area contributed by atoms with Gasteiger partial charge in [-0.05, 0) is 62.1 Å². The van der Waals surface area contributed by atoms with Crippen LogP contribution in [0.2, 0.25) is 0 Å². The van der Waals surface area contributed by atoms with Gasteiger partial charge >= 0.3 is 6.03 Å². The molecule has 0 aromatic heterocycles. The van der Waals surface area contributed by atoms with E-state index in [1.165, 1.54) is 18.2 Å². The van der Waals surface area contributed by atoms with Crippen LogP contribution >= 0.6 is 15.9 Å². The van der Waals surface area contributed by atoms with E-state index in [2.05, 4.69) is 26.6 Å². The summed E-state index contributed by atoms with van der Waals surface area (Å²) in [4.78, 5) is 12.1. The number of carbonyl (C=O) groups excluding carboxylic acids is 1. The third kappa shape index (κ3) is 5.74. The molecule has 0 aliphatic heterocycles. The monoisotopic (exact) mass is 438 g/mol. The largest absolute Gasteiger partial charge is 0.373 e. The fourth-order valence-electron chi connectivity index (χ4n) is 3.13. The van der Waals surface area contributed by atoms with Crippen molar-refractivity contribution in [2.24, 2.45) is 0 Å². The third-order valence-corrected chi connectivity index (χ3v) is 5.17. The van der Waals surface area contributed by atoms with Crippen molar-refractivity contribution < 1.29 is 18.3 Å². The van der Waals surface area contributed by atoms with E-state index in [0.29, 0.717) is 0 Å². The Morgan fingerprint density at radius 1 is 1.04 bits per heavy atom. The Bertz CT molecular complexity index is 758. The molecular formula is C20H21BrF2N2O2. The van der Waals surface area contributed by atoms with Gasteiger partial charge < -0.3 is 15.4 Å². The zero-order valence-electron chi connectivity index (χ0n) is 14.7. The summed E-state index contributed by atoms with van der Waals surface area (Å²) < 4.78 is 33.9. The van der Waals surface area contributed by atoms with Gasteiger partial charge in [0.15, 0.2) is 0 Å². The molecule has 0 spiro atoms. The number of hydrogen-bond acceptors (Lipinski definition) is 2. The molecule has 3 rings (SSSR count). The molecule has 0 unspecified atom stereocenters. The zero-order chi connectivity index (χ0) is 19.2. The summed E-state index contributed by atoms with van der Waals surface area (Å²) in [5.74, 6) is -1.18. The van der Waals surface area contributed by atoms with Crippen molar-refractivity contribution in [2.45, 2.75) is 44.4 Å². The van der Waals surface area contributed by atoms with Crippen LogP contribution in [0.3, 0.4) is 0 Å². The van der Waals surface area contributed by atoms with Gasteiger partial charge in [0.1, 0.15) is 11.6 Å². The van der Waals surface area contributed by atoms with Crippen molar-refractivity contribution in [3.8, 4) is 0 Å². The second kappa shape index (κ2) is 9.28. The van der Waals surface area contributed by atoms with Crippen LogP contribution in [0.25, 0.3) is 0 Å². The summed E-state index contributed by atoms with van der Waals surface area (Å²) in [5.41, 5.74) is 0.686. The normalized spacial score (nSPS) is 19.5. The second-order valence-electron chi connectivity index (χ2n) is 6.59. The highest BCUT2D eigenvalue weighted by molar-refractivity contribution is 9.10. The predicted molar refractivity (Wildman–Crippen MR) is 103 cm³/mol. The van der Waals surface area contributed by atoms with Gasteiger partial charge in [0.05, 0.1) is 12.7 Å². The van der Waals surface area contributed by atoms with Crippen LogP contribution in [-0.4, -0.2) is 18.2 Å². The summed E-state index contributed by atoms with van der Waals surface area (Å²) >= 11 is 3.35. The van der Waals surface area contributed by atoms with Gasteiger partial charge in [-0.1, -0.05) is 22.0 Å². The minimum atomic E-state index is -0.588. The number of carbonyl (C=O) groups is 1. The maximum atomic E-state index is 13.6. The Labute approximate surface area is 165 Å². The summed E-state index contributed by atoms with van der Waals surface area (Å²) in [6.07, 6.45) is 2.94. The van der Waals surface area contributed by atoms with Crippen LogP contribution in [0.15, 0.2) is 46.9 Å². The molecule has 1 aliphatic rings. The molecular weight excluding hydrogens is 418 g/mol. The fourth-order valence-corrected chi connectivity index (χ4v) is 3.40. The molecule has 144 valence electrons. The predicted octanol–water partition coefficient (Wildman–Crippen LogP) is 5.38. The van der Waals surface area contributed by atoms with Crippen LogP contribution in [-0.2, 0) is 11.3 Å². The number of halogens is 3. The fraction of sp³-hybridized carbons (Fsp3) is 0.350. The smallest absolute Gasteiger partial charge is 0.319 e. The van der Waals surface area contributed by atoms with Gasteiger partial charge in [-0.25, -0.2) is 13.6 Å². The summed E-state index contributed by atoms with van der Waals surface area (Å²) in [6, 6.07) is 11.0. The van der Waals surface area contributed by atoms with Gasteiger partial charge in [0.2, 0.25) is 0 Å². The number of anilines is 1. The summed E-state index contributed by atoms with van der Waals surface area (Å²) in [6.45, 7) is -0.0781. The third-order valence-electron chi connectivity index (χ3n) is 4.64. The van der Waals surface area contributed by atoms with Crippen molar-refractivity contribution in [3.05, 3.63) is 64.1 Å². The molecule has 2 N–H and O–H groups in total. The first-order chi connectivity index (χ1) is 13.0. The number of ether oxygens (including phenoxy) is 1. The topological polar surface area (TPSA) is 50.4 Å². The van der Waals surface area contributed by atoms with Gasteiger partial charge in [-0.15, -0.1) is 0 Å². The molecule has 4 nitrogen and oxygen atoms in total. The van der Waals surface area contributed by atoms with Gasteiger partial charge in [-0.3, -0.25) is 0 Å². The van der Waals surface area contributed by atoms with Crippen molar-refractivity contribution in [1.29, 1.82) is 0 Å². The lowest BCUT2D eigenvalue weighted by molar-refractivity contribution is 0.00964. The van der Waals surface area contributed by atoms with E-state index in [1.54, 1.807) is 0 Å². The van der Waals surface area contributed by atoms with Crippen molar-refractivity contribution in [3.63, 3.8) is 0 Å². The standard InChI is InChI=1S/C20H21BrF2N2O2/c21-13-4-6-14(7-5-13)24-20(26)25-15-8-10-16(11-9-15)27-12-17-18(22)2-1-3-19(17)23/h1-7,15-16H,8-12H2,(H2,24,25,26). The molecule has 27 heavy (non-hydrogen) atoms. The highest BCUT2D eigenvalue weighted by Gasteiger charge is 2.23. The number of hydrogen-bond donors (Lipinski definition) is 2. The minimum absolute atomic E-state index is 0.0355. The van der Waals surface area contributed by atoms with E-state index < -0.39 is 11.6 Å². The van der Waals surface area contributed by atoms with Crippen LogP contribution in [0, 0.1) is 11.6 Å². The Morgan fingerprint density at radius 3 is 2.30 bits per heavy atom. The minimum Gasteiger partial charge on any atom is -0.373 e. The van der Waals surface area contributed by atoms with Crippen LogP contribution in [0.4, 0.5) is 19.3 Å². The Kier molecular flexibility index (Phi) is 6.79. The van der Waals surface area contributed by atoms with Crippen molar-refractivity contribution in [2.75, 3.05) is 5.32 Å². The number of amides is 2. The number of rotatable bonds is 5. The molecule has 7 heteroatoms. The van der Waals surface area contributed by atoms with Gasteiger partial charge in [0, 0.05) is 21.8 Å². The first-order valence-corrected chi connectivity index (χ1v) is 9.68. The molecule has 1 saturated carbocycles. The van der Waals surface area contributed by atoms with Crippen LogP contribution in [0.5, 0.6) is 0 Å². The maximum Gasteiger partial charge on any atom is 0.319 e. The molecule has 1 fully saturated rings. The number of urea groups is 1. The Balaban J connectivity index is 1.41. The van der Waals surface area contributed by atoms with Crippen LogP contribution in [0.1, 0.15) is 31.2 Å². The highest BCUT2D eigenvalue weighted by atomic mass is 79.9. The van der Waals surface area contributed by atoms with E-state index in [0.717, 1.165) is 35.8 Å². The molecule has 0 saturated heterocycles. The van der Waals surface area contributed by atoms with E-state index in [4.69, 9.17) is 4.74 Å². The van der Waals surface area contributed by atoms with Crippen molar-refractivity contribution >= 4 is 27.6 Å². The molecule has 1 aliphatic carbocycles. The van der Waals surface area contributed by atoms with E-state index >= 15 is 0 Å². The first-order valence-electron chi connectivity index (χ1n) is 8.89. The van der Waals surface area contributed by atoms with Gasteiger partial charge in [0.25, 0.3) is 0 Å². The Morgan fingerprint density at radius 2 is 1.67 bits per heavy atom. The molecule has 2 aromatic carbocycles. The average molecular weight is 439 g/mol. The SMILES string of the molecule is O=C(Nc1ccc(Br)cc1)NC1CCC(OCc2c(F)cccc2F)CC1. The number of nitrogens with one attached hydrogen (secondary N) is 2. The summed E-state index contributed by atoms with van der Waals surface area (Å²) in [5, 5.41) is 5.76. The number of benzene rings is 2. The molecule has 0 bridgehead atoms. The average Bonchev–Trinajstić information content (AvgIpc) is 2.64. The van der Waals surface area contributed by atoms with E-state index in [1.807, 2.05) is 24.3 Å². The van der Waals surface area contributed by atoms with E-state index in [-0.39, 0.29) is 30.3 Å². The molecule has 0 radical (unpaired) electrons. The molecule has 0 atom stereocenters. The maximum absolute atomic E-state index is 13.6. The van der Waals surface area contributed by atoms with Crippen LogP contribution < -0.4 is 10.6 Å². The molecule has 0 heterocycles. The lowest BCUT2D eigenvalue weighted by Gasteiger charge is -2.29.